The van der Waals surface area contributed by atoms with Crippen molar-refractivity contribution in [3.8, 4) is 0 Å². The third-order valence-corrected chi connectivity index (χ3v) is 5.13. The van der Waals surface area contributed by atoms with E-state index >= 15 is 0 Å². The van der Waals surface area contributed by atoms with E-state index in [2.05, 4.69) is 45.2 Å². The van der Waals surface area contributed by atoms with Gasteiger partial charge >= 0.3 is 0 Å². The Labute approximate surface area is 117 Å². The Morgan fingerprint density at radius 1 is 1.41 bits per heavy atom. The van der Waals surface area contributed by atoms with Crippen molar-refractivity contribution in [2.24, 2.45) is 0 Å². The van der Waals surface area contributed by atoms with Crippen molar-refractivity contribution in [1.29, 1.82) is 0 Å². The fourth-order valence-corrected chi connectivity index (χ4v) is 3.74. The molecular formula is C13H21BrN2S. The molecule has 0 aromatic carbocycles. The Kier molecular flexibility index (Phi) is 5.48. The zero-order chi connectivity index (χ0) is 12.1. The van der Waals surface area contributed by atoms with Gasteiger partial charge < -0.3 is 10.2 Å². The molecule has 0 saturated carbocycles. The maximum atomic E-state index is 3.60. The fraction of sp³-hybridized carbons (Fsp3) is 0.692. The molecule has 17 heavy (non-hydrogen) atoms. The van der Waals surface area contributed by atoms with Crippen molar-refractivity contribution < 1.29 is 0 Å². The van der Waals surface area contributed by atoms with Crippen LogP contribution in [0.5, 0.6) is 0 Å². The molecule has 96 valence electrons. The molecule has 1 atom stereocenters. The maximum Gasteiger partial charge on any atom is 0.0701 e. The molecule has 1 aromatic rings. The molecular weight excluding hydrogens is 296 g/mol. The Hall–Kier alpha value is 0.1000. The second-order valence-corrected chi connectivity index (χ2v) is 7.21. The minimum absolute atomic E-state index is 0.477. The molecule has 0 bridgehead atoms. The van der Waals surface area contributed by atoms with E-state index in [1.807, 2.05) is 11.3 Å². The van der Waals surface area contributed by atoms with Crippen molar-refractivity contribution in [3.63, 3.8) is 0 Å². The van der Waals surface area contributed by atoms with Crippen LogP contribution in [-0.2, 0) is 0 Å². The van der Waals surface area contributed by atoms with Crippen LogP contribution in [-0.4, -0.2) is 31.1 Å². The Bertz CT molecular complexity index is 334. The summed E-state index contributed by atoms with van der Waals surface area (Å²) in [6, 6.07) is 4.81. The summed E-state index contributed by atoms with van der Waals surface area (Å²) < 4.78 is 1.22. The smallest absolute Gasteiger partial charge is 0.0701 e. The summed E-state index contributed by atoms with van der Waals surface area (Å²) in [5, 5.41) is 3.60. The van der Waals surface area contributed by atoms with Crippen LogP contribution >= 0.6 is 27.3 Å². The van der Waals surface area contributed by atoms with Crippen molar-refractivity contribution >= 4 is 27.3 Å². The van der Waals surface area contributed by atoms with Crippen LogP contribution in [0.15, 0.2) is 15.9 Å². The highest BCUT2D eigenvalue weighted by Gasteiger charge is 2.11. The first-order chi connectivity index (χ1) is 8.25. The van der Waals surface area contributed by atoms with E-state index in [9.17, 15) is 0 Å². The molecule has 2 heterocycles. The van der Waals surface area contributed by atoms with Crippen LogP contribution in [0.3, 0.4) is 0 Å². The van der Waals surface area contributed by atoms with Crippen LogP contribution in [0, 0.1) is 0 Å². The van der Waals surface area contributed by atoms with E-state index in [1.54, 1.807) is 0 Å². The molecule has 1 N–H and O–H groups in total. The Morgan fingerprint density at radius 2 is 2.18 bits per heavy atom. The molecule has 1 aliphatic heterocycles. The second-order valence-electron chi connectivity index (χ2n) is 4.72. The molecule has 0 radical (unpaired) electrons. The van der Waals surface area contributed by atoms with Gasteiger partial charge in [0, 0.05) is 10.9 Å². The highest BCUT2D eigenvalue weighted by atomic mass is 79.9. The first kappa shape index (κ1) is 13.5. The third kappa shape index (κ3) is 4.36. The van der Waals surface area contributed by atoms with Crippen LogP contribution in [0.2, 0.25) is 0 Å². The molecule has 0 aliphatic carbocycles. The van der Waals surface area contributed by atoms with E-state index in [-0.39, 0.29) is 0 Å². The predicted octanol–water partition coefficient (Wildman–Crippen LogP) is 3.65. The topological polar surface area (TPSA) is 15.3 Å². The first-order valence-corrected chi connectivity index (χ1v) is 8.07. The fourth-order valence-electron chi connectivity index (χ4n) is 2.29. The number of hydrogen-bond donors (Lipinski definition) is 1. The maximum absolute atomic E-state index is 3.60. The lowest BCUT2D eigenvalue weighted by atomic mass is 10.2. The summed E-state index contributed by atoms with van der Waals surface area (Å²) in [5.74, 6) is 0. The number of halogens is 1. The van der Waals surface area contributed by atoms with Gasteiger partial charge in [0.05, 0.1) is 3.79 Å². The standard InChI is InChI=1S/C13H21BrN2S/c1-11(12-5-6-13(14)17-12)15-7-4-10-16-8-2-3-9-16/h5-6,11,15H,2-4,7-10H2,1H3. The van der Waals surface area contributed by atoms with Crippen LogP contribution in [0.1, 0.15) is 37.1 Å². The Morgan fingerprint density at radius 3 is 2.82 bits per heavy atom. The van der Waals surface area contributed by atoms with Gasteiger partial charge in [-0.05, 0) is 80.4 Å². The normalized spacial score (nSPS) is 18.7. The highest BCUT2D eigenvalue weighted by molar-refractivity contribution is 9.11. The average molecular weight is 317 g/mol. The molecule has 2 nitrogen and oxygen atoms in total. The van der Waals surface area contributed by atoms with Gasteiger partial charge in [-0.25, -0.2) is 0 Å². The lowest BCUT2D eigenvalue weighted by Crippen LogP contribution is -2.26. The molecule has 1 fully saturated rings. The molecule has 1 saturated heterocycles. The second kappa shape index (κ2) is 6.88. The zero-order valence-corrected chi connectivity index (χ0v) is 12.8. The summed E-state index contributed by atoms with van der Waals surface area (Å²) in [4.78, 5) is 3.99. The van der Waals surface area contributed by atoms with Gasteiger partial charge in [0.25, 0.3) is 0 Å². The molecule has 1 aromatic heterocycles. The zero-order valence-electron chi connectivity index (χ0n) is 10.4. The van der Waals surface area contributed by atoms with E-state index in [4.69, 9.17) is 0 Å². The summed E-state index contributed by atoms with van der Waals surface area (Å²) in [6.45, 7) is 7.25. The average Bonchev–Trinajstić information content (AvgIpc) is 2.95. The largest absolute Gasteiger partial charge is 0.309 e. The highest BCUT2D eigenvalue weighted by Crippen LogP contribution is 2.26. The quantitative estimate of drug-likeness (QED) is 0.806. The van der Waals surface area contributed by atoms with E-state index in [0.717, 1.165) is 6.54 Å². The summed E-state index contributed by atoms with van der Waals surface area (Å²) in [5.41, 5.74) is 0. The van der Waals surface area contributed by atoms with Gasteiger partial charge in [0.15, 0.2) is 0 Å². The SMILES string of the molecule is CC(NCCCN1CCCC1)c1ccc(Br)s1. The van der Waals surface area contributed by atoms with Gasteiger partial charge in [-0.15, -0.1) is 11.3 Å². The van der Waals surface area contributed by atoms with Gasteiger partial charge in [0.1, 0.15) is 0 Å². The molecule has 0 spiro atoms. The minimum Gasteiger partial charge on any atom is -0.309 e. The van der Waals surface area contributed by atoms with Crippen molar-refractivity contribution in [2.45, 2.75) is 32.2 Å². The van der Waals surface area contributed by atoms with Gasteiger partial charge in [-0.1, -0.05) is 0 Å². The van der Waals surface area contributed by atoms with Crippen molar-refractivity contribution in [2.75, 3.05) is 26.2 Å². The third-order valence-electron chi connectivity index (χ3n) is 3.32. The van der Waals surface area contributed by atoms with Gasteiger partial charge in [0.2, 0.25) is 0 Å². The number of likely N-dealkylation sites (tertiary alicyclic amines) is 1. The molecule has 4 heteroatoms. The van der Waals surface area contributed by atoms with E-state index in [0.29, 0.717) is 6.04 Å². The van der Waals surface area contributed by atoms with Crippen LogP contribution < -0.4 is 5.32 Å². The van der Waals surface area contributed by atoms with Crippen LogP contribution in [0.4, 0.5) is 0 Å². The van der Waals surface area contributed by atoms with E-state index in [1.165, 1.54) is 47.6 Å². The number of rotatable bonds is 6. The summed E-state index contributed by atoms with van der Waals surface area (Å²) in [6.07, 6.45) is 4.05. The number of thiophene rings is 1. The molecule has 0 amide bonds. The predicted molar refractivity (Wildman–Crippen MR) is 78.7 cm³/mol. The summed E-state index contributed by atoms with van der Waals surface area (Å²) >= 11 is 5.33. The molecule has 2 rings (SSSR count). The lowest BCUT2D eigenvalue weighted by molar-refractivity contribution is 0.328. The minimum atomic E-state index is 0.477. The number of hydrogen-bond acceptors (Lipinski definition) is 3. The number of nitrogens with one attached hydrogen (secondary N) is 1. The summed E-state index contributed by atoms with van der Waals surface area (Å²) in [7, 11) is 0. The van der Waals surface area contributed by atoms with E-state index < -0.39 is 0 Å². The Balaban J connectivity index is 1.61. The lowest BCUT2D eigenvalue weighted by Gasteiger charge is -2.16. The number of nitrogens with zero attached hydrogens (tertiary/aromatic N) is 1. The molecule has 1 unspecified atom stereocenters. The monoisotopic (exact) mass is 316 g/mol. The van der Waals surface area contributed by atoms with Gasteiger partial charge in [-0.3, -0.25) is 0 Å². The first-order valence-electron chi connectivity index (χ1n) is 6.46. The van der Waals surface area contributed by atoms with Crippen molar-refractivity contribution in [1.82, 2.24) is 10.2 Å². The van der Waals surface area contributed by atoms with Gasteiger partial charge in [-0.2, -0.15) is 0 Å². The molecule has 1 aliphatic rings. The van der Waals surface area contributed by atoms with Crippen LogP contribution in [0.25, 0.3) is 0 Å². The van der Waals surface area contributed by atoms with Crippen molar-refractivity contribution in [3.05, 3.63) is 20.8 Å².